The molecule has 0 spiro atoms. The van der Waals surface area contributed by atoms with E-state index in [4.69, 9.17) is 0 Å². The minimum atomic E-state index is 1.07. The lowest BCUT2D eigenvalue weighted by atomic mass is 10.0. The molecule has 0 bridgehead atoms. The third-order valence-electron chi connectivity index (χ3n) is 1.95. The molecule has 0 N–H and O–H groups in total. The van der Waals surface area contributed by atoms with Crippen LogP contribution >= 0.6 is 0 Å². The summed E-state index contributed by atoms with van der Waals surface area (Å²) < 4.78 is 0. The second kappa shape index (κ2) is 1.98. The largest absolute Gasteiger partial charge is 0.0955 e. The van der Waals surface area contributed by atoms with Crippen LogP contribution in [0.15, 0.2) is 47.6 Å². The minimum absolute atomic E-state index is 1.07. The van der Waals surface area contributed by atoms with Gasteiger partial charge in [0.05, 0.1) is 0 Å². The van der Waals surface area contributed by atoms with Gasteiger partial charge in [-0.15, -0.1) is 0 Å². The van der Waals surface area contributed by atoms with Crippen molar-refractivity contribution in [3.63, 3.8) is 0 Å². The lowest BCUT2D eigenvalue weighted by Crippen LogP contribution is -1.83. The van der Waals surface area contributed by atoms with Gasteiger partial charge in [-0.1, -0.05) is 36.5 Å². The zero-order valence-corrected chi connectivity index (χ0v) is 5.93. The van der Waals surface area contributed by atoms with E-state index < -0.39 is 0 Å². The van der Waals surface area contributed by atoms with Gasteiger partial charge in [0.2, 0.25) is 0 Å². The van der Waals surface area contributed by atoms with Crippen molar-refractivity contribution in [2.45, 2.75) is 12.8 Å². The van der Waals surface area contributed by atoms with Gasteiger partial charge in [-0.05, 0) is 24.0 Å². The molecule has 0 radical (unpaired) electrons. The SMILES string of the molecule is C=C1C=C2C=CCC=C2C1. The fourth-order valence-corrected chi connectivity index (χ4v) is 1.46. The zero-order chi connectivity index (χ0) is 6.97. The zero-order valence-electron chi connectivity index (χ0n) is 5.93. The lowest BCUT2D eigenvalue weighted by molar-refractivity contribution is 1.19. The minimum Gasteiger partial charge on any atom is -0.0955 e. The van der Waals surface area contributed by atoms with E-state index in [9.17, 15) is 0 Å². The topological polar surface area (TPSA) is 0 Å². The molecule has 2 rings (SSSR count). The van der Waals surface area contributed by atoms with Gasteiger partial charge < -0.3 is 0 Å². The molecule has 0 heterocycles. The highest BCUT2D eigenvalue weighted by atomic mass is 14.2. The maximum atomic E-state index is 3.93. The Bertz CT molecular complexity index is 262. The van der Waals surface area contributed by atoms with E-state index in [2.05, 4.69) is 30.9 Å². The summed E-state index contributed by atoms with van der Waals surface area (Å²) in [6.07, 6.45) is 11.0. The molecule has 0 aromatic carbocycles. The van der Waals surface area contributed by atoms with Gasteiger partial charge in [-0.25, -0.2) is 0 Å². The molecule has 0 fully saturated rings. The van der Waals surface area contributed by atoms with Crippen molar-refractivity contribution >= 4 is 0 Å². The number of hydrogen-bond donors (Lipinski definition) is 0. The highest BCUT2D eigenvalue weighted by Gasteiger charge is 2.12. The fraction of sp³-hybridized carbons (Fsp3) is 0.200. The van der Waals surface area contributed by atoms with Crippen LogP contribution in [0.1, 0.15) is 12.8 Å². The Morgan fingerprint density at radius 2 is 2.30 bits per heavy atom. The van der Waals surface area contributed by atoms with Gasteiger partial charge in [0.1, 0.15) is 0 Å². The van der Waals surface area contributed by atoms with Crippen molar-refractivity contribution in [3.05, 3.63) is 47.6 Å². The van der Waals surface area contributed by atoms with Crippen molar-refractivity contribution in [3.8, 4) is 0 Å². The molecule has 0 nitrogen and oxygen atoms in total. The second-order valence-corrected chi connectivity index (χ2v) is 2.80. The van der Waals surface area contributed by atoms with Crippen LogP contribution in [0.5, 0.6) is 0 Å². The lowest BCUT2D eigenvalue weighted by Gasteiger charge is -2.02. The Kier molecular flexibility index (Phi) is 1.13. The average Bonchev–Trinajstić information content (AvgIpc) is 2.27. The first kappa shape index (κ1) is 5.72. The van der Waals surface area contributed by atoms with Crippen LogP contribution in [0.2, 0.25) is 0 Å². The number of rotatable bonds is 0. The molecule has 10 heavy (non-hydrogen) atoms. The Morgan fingerprint density at radius 3 is 3.10 bits per heavy atom. The summed E-state index contributed by atoms with van der Waals surface area (Å²) in [4.78, 5) is 0. The average molecular weight is 130 g/mol. The number of allylic oxidation sites excluding steroid dienone is 7. The molecule has 2 aliphatic carbocycles. The van der Waals surface area contributed by atoms with Crippen LogP contribution in [-0.2, 0) is 0 Å². The Labute approximate surface area is 61.3 Å². The molecule has 0 saturated carbocycles. The first-order chi connectivity index (χ1) is 4.86. The predicted octanol–water partition coefficient (Wildman–Crippen LogP) is 2.76. The third kappa shape index (κ3) is 0.766. The van der Waals surface area contributed by atoms with E-state index >= 15 is 0 Å². The molecule has 0 aromatic heterocycles. The normalized spacial score (nSPS) is 22.2. The summed E-state index contributed by atoms with van der Waals surface area (Å²) in [5.74, 6) is 0. The molecule has 0 saturated heterocycles. The smallest absolute Gasteiger partial charge is 0.00285 e. The molecule has 0 aromatic rings. The summed E-state index contributed by atoms with van der Waals surface area (Å²) >= 11 is 0. The Hall–Kier alpha value is -1.04. The van der Waals surface area contributed by atoms with Gasteiger partial charge in [-0.2, -0.15) is 0 Å². The molecular formula is C10H10. The highest BCUT2D eigenvalue weighted by molar-refractivity contribution is 5.54. The quantitative estimate of drug-likeness (QED) is 0.473. The number of fused-ring (bicyclic) bond motifs is 1. The van der Waals surface area contributed by atoms with Gasteiger partial charge >= 0.3 is 0 Å². The predicted molar refractivity (Wildman–Crippen MR) is 43.7 cm³/mol. The summed E-state index contributed by atoms with van der Waals surface area (Å²) in [5.41, 5.74) is 4.08. The number of hydrogen-bond acceptors (Lipinski definition) is 0. The highest BCUT2D eigenvalue weighted by Crippen LogP contribution is 2.31. The van der Waals surface area contributed by atoms with E-state index in [1.54, 1.807) is 0 Å². The summed E-state index contributed by atoms with van der Waals surface area (Å²) in [6.45, 7) is 3.93. The monoisotopic (exact) mass is 130 g/mol. The molecule has 0 atom stereocenters. The molecule has 0 unspecified atom stereocenters. The molecule has 0 amide bonds. The van der Waals surface area contributed by atoms with Crippen LogP contribution in [0.4, 0.5) is 0 Å². The summed E-state index contributed by atoms with van der Waals surface area (Å²) in [6, 6.07) is 0. The maximum Gasteiger partial charge on any atom is -0.00285 e. The van der Waals surface area contributed by atoms with Crippen LogP contribution < -0.4 is 0 Å². The standard InChI is InChI=1S/C10H10/c1-8-6-9-4-2-3-5-10(9)7-8/h2,4-6H,1,3,7H2. The Morgan fingerprint density at radius 1 is 1.40 bits per heavy atom. The van der Waals surface area contributed by atoms with Crippen LogP contribution in [0, 0.1) is 0 Å². The maximum absolute atomic E-state index is 3.93. The second-order valence-electron chi connectivity index (χ2n) is 2.80. The van der Waals surface area contributed by atoms with E-state index in [1.165, 1.54) is 16.7 Å². The van der Waals surface area contributed by atoms with E-state index in [-0.39, 0.29) is 0 Å². The van der Waals surface area contributed by atoms with Gasteiger partial charge in [-0.3, -0.25) is 0 Å². The fourth-order valence-electron chi connectivity index (χ4n) is 1.46. The first-order valence-electron chi connectivity index (χ1n) is 3.62. The van der Waals surface area contributed by atoms with Crippen molar-refractivity contribution in [1.29, 1.82) is 0 Å². The molecule has 50 valence electrons. The van der Waals surface area contributed by atoms with Crippen molar-refractivity contribution in [2.24, 2.45) is 0 Å². The van der Waals surface area contributed by atoms with Gasteiger partial charge in [0, 0.05) is 0 Å². The van der Waals surface area contributed by atoms with E-state index in [1.807, 2.05) is 0 Å². The van der Waals surface area contributed by atoms with Crippen LogP contribution in [0.25, 0.3) is 0 Å². The van der Waals surface area contributed by atoms with E-state index in [0.29, 0.717) is 0 Å². The van der Waals surface area contributed by atoms with Gasteiger partial charge in [0.15, 0.2) is 0 Å². The molecule has 0 heteroatoms. The van der Waals surface area contributed by atoms with Crippen molar-refractivity contribution < 1.29 is 0 Å². The van der Waals surface area contributed by atoms with Gasteiger partial charge in [0.25, 0.3) is 0 Å². The molecule has 2 aliphatic rings. The first-order valence-corrected chi connectivity index (χ1v) is 3.62. The van der Waals surface area contributed by atoms with Crippen molar-refractivity contribution in [2.75, 3.05) is 0 Å². The van der Waals surface area contributed by atoms with E-state index in [0.717, 1.165) is 12.8 Å². The van der Waals surface area contributed by atoms with Crippen LogP contribution in [-0.4, -0.2) is 0 Å². The third-order valence-corrected chi connectivity index (χ3v) is 1.95. The summed E-state index contributed by atoms with van der Waals surface area (Å²) in [7, 11) is 0. The van der Waals surface area contributed by atoms with Crippen LogP contribution in [0.3, 0.4) is 0 Å². The summed E-state index contributed by atoms with van der Waals surface area (Å²) in [5, 5.41) is 0. The molecule has 0 aliphatic heterocycles. The molecular weight excluding hydrogens is 120 g/mol. The van der Waals surface area contributed by atoms with Crippen molar-refractivity contribution in [1.82, 2.24) is 0 Å². The Balaban J connectivity index is 2.43.